The third kappa shape index (κ3) is 5.13. The maximum absolute atomic E-state index is 12.0. The minimum atomic E-state index is -0.104. The average molecular weight is 356 g/mol. The Kier molecular flexibility index (Phi) is 6.43. The highest BCUT2D eigenvalue weighted by atomic mass is 35.5. The van der Waals surface area contributed by atoms with Gasteiger partial charge >= 0.3 is 0 Å². The van der Waals surface area contributed by atoms with Gasteiger partial charge in [0.25, 0.3) is 0 Å². The molecule has 0 aliphatic carbocycles. The number of rotatable bonds is 6. The molecular weight excluding hydrogens is 341 g/mol. The molecule has 0 fully saturated rings. The molecular formula is C16H15Cl2NO2S. The molecule has 0 saturated carbocycles. The lowest BCUT2D eigenvalue weighted by molar-refractivity contribution is -0.113. The van der Waals surface area contributed by atoms with E-state index < -0.39 is 0 Å². The molecule has 2 aromatic rings. The van der Waals surface area contributed by atoms with E-state index in [1.54, 1.807) is 25.3 Å². The summed E-state index contributed by atoms with van der Waals surface area (Å²) in [5.74, 6) is 1.54. The second kappa shape index (κ2) is 8.32. The van der Waals surface area contributed by atoms with Gasteiger partial charge in [-0.25, -0.2) is 0 Å². The first kappa shape index (κ1) is 17.0. The number of hydrogen-bond donors (Lipinski definition) is 1. The predicted molar refractivity (Wildman–Crippen MR) is 94.2 cm³/mol. The highest BCUT2D eigenvalue weighted by Gasteiger charge is 2.08. The van der Waals surface area contributed by atoms with E-state index in [9.17, 15) is 4.79 Å². The zero-order chi connectivity index (χ0) is 15.9. The van der Waals surface area contributed by atoms with Crippen LogP contribution >= 0.6 is 35.0 Å². The molecule has 116 valence electrons. The Bertz CT molecular complexity index is 664. The smallest absolute Gasteiger partial charge is 0.234 e. The number of methoxy groups -OCH3 is 1. The first-order valence-electron chi connectivity index (χ1n) is 6.54. The van der Waals surface area contributed by atoms with Crippen LogP contribution < -0.4 is 10.1 Å². The third-order valence-corrected chi connectivity index (χ3v) is 4.30. The Balaban J connectivity index is 1.87. The number of hydrogen-bond acceptors (Lipinski definition) is 3. The molecule has 0 aliphatic rings. The summed E-state index contributed by atoms with van der Waals surface area (Å²) in [7, 11) is 1.55. The van der Waals surface area contributed by atoms with Gasteiger partial charge in [0.1, 0.15) is 5.75 Å². The van der Waals surface area contributed by atoms with Crippen molar-refractivity contribution in [2.45, 2.75) is 5.75 Å². The van der Waals surface area contributed by atoms with Gasteiger partial charge in [-0.2, -0.15) is 0 Å². The van der Waals surface area contributed by atoms with Crippen molar-refractivity contribution in [2.75, 3.05) is 18.2 Å². The molecule has 0 heterocycles. The normalized spacial score (nSPS) is 10.3. The summed E-state index contributed by atoms with van der Waals surface area (Å²) in [6.45, 7) is 0. The molecule has 0 saturated heterocycles. The number of anilines is 1. The van der Waals surface area contributed by atoms with Crippen LogP contribution in [0.5, 0.6) is 5.75 Å². The number of thioether (sulfide) groups is 1. The number of ether oxygens (including phenoxy) is 1. The average Bonchev–Trinajstić information content (AvgIpc) is 2.47. The van der Waals surface area contributed by atoms with E-state index >= 15 is 0 Å². The number of carbonyl (C=O) groups is 1. The Morgan fingerprint density at radius 3 is 2.68 bits per heavy atom. The van der Waals surface area contributed by atoms with Gasteiger partial charge in [0.15, 0.2) is 0 Å². The fourth-order valence-electron chi connectivity index (χ4n) is 1.85. The molecule has 1 amide bonds. The molecule has 0 unspecified atom stereocenters. The summed E-state index contributed by atoms with van der Waals surface area (Å²) < 4.78 is 5.19. The van der Waals surface area contributed by atoms with Gasteiger partial charge < -0.3 is 10.1 Å². The van der Waals surface area contributed by atoms with Crippen LogP contribution in [0.1, 0.15) is 5.56 Å². The molecule has 0 radical (unpaired) electrons. The van der Waals surface area contributed by atoms with Crippen molar-refractivity contribution < 1.29 is 9.53 Å². The van der Waals surface area contributed by atoms with E-state index in [1.807, 2.05) is 24.3 Å². The number of halogens is 2. The van der Waals surface area contributed by atoms with Crippen LogP contribution in [-0.2, 0) is 10.5 Å². The Labute approximate surface area is 144 Å². The predicted octanol–water partition coefficient (Wildman–Crippen LogP) is 4.87. The maximum Gasteiger partial charge on any atom is 0.234 e. The second-order valence-electron chi connectivity index (χ2n) is 4.52. The lowest BCUT2D eigenvalue weighted by Crippen LogP contribution is -2.14. The van der Waals surface area contributed by atoms with E-state index in [1.165, 1.54) is 11.8 Å². The third-order valence-electron chi connectivity index (χ3n) is 2.83. The largest absolute Gasteiger partial charge is 0.495 e. The summed E-state index contributed by atoms with van der Waals surface area (Å²) in [5.41, 5.74) is 1.66. The molecule has 2 aromatic carbocycles. The lowest BCUT2D eigenvalue weighted by atomic mass is 10.2. The first-order valence-corrected chi connectivity index (χ1v) is 8.45. The minimum absolute atomic E-state index is 0.104. The van der Waals surface area contributed by atoms with Crippen LogP contribution in [0.15, 0.2) is 42.5 Å². The molecule has 0 spiro atoms. The molecule has 0 aliphatic heterocycles. The Morgan fingerprint density at radius 2 is 1.95 bits per heavy atom. The number of benzene rings is 2. The fourth-order valence-corrected chi connectivity index (χ4v) is 3.01. The fraction of sp³-hybridized carbons (Fsp3) is 0.188. The quantitative estimate of drug-likeness (QED) is 0.802. The van der Waals surface area contributed by atoms with E-state index in [4.69, 9.17) is 27.9 Å². The Hall–Kier alpha value is -1.36. The molecule has 3 nitrogen and oxygen atoms in total. The summed E-state index contributed by atoms with van der Waals surface area (Å²) in [6, 6.07) is 12.7. The van der Waals surface area contributed by atoms with Crippen LogP contribution in [0, 0.1) is 0 Å². The van der Waals surface area contributed by atoms with Gasteiger partial charge in [0, 0.05) is 15.8 Å². The molecule has 0 bridgehead atoms. The summed E-state index contributed by atoms with van der Waals surface area (Å²) >= 11 is 13.4. The van der Waals surface area contributed by atoms with Crippen LogP contribution in [0.25, 0.3) is 0 Å². The van der Waals surface area contributed by atoms with Gasteiger partial charge in [0.05, 0.1) is 18.6 Å². The molecule has 0 atom stereocenters. The van der Waals surface area contributed by atoms with Crippen LogP contribution in [0.4, 0.5) is 5.69 Å². The van der Waals surface area contributed by atoms with Crippen molar-refractivity contribution in [3.8, 4) is 5.75 Å². The van der Waals surface area contributed by atoms with Crippen molar-refractivity contribution in [3.63, 3.8) is 0 Å². The van der Waals surface area contributed by atoms with Crippen molar-refractivity contribution in [2.24, 2.45) is 0 Å². The SMILES string of the molecule is COc1ccc(Cl)cc1NC(=O)CSCc1cccc(Cl)c1. The maximum atomic E-state index is 12.0. The van der Waals surface area contributed by atoms with Crippen LogP contribution in [-0.4, -0.2) is 18.8 Å². The Morgan fingerprint density at radius 1 is 1.18 bits per heavy atom. The number of carbonyl (C=O) groups excluding carboxylic acids is 1. The van der Waals surface area contributed by atoms with E-state index in [0.29, 0.717) is 27.2 Å². The van der Waals surface area contributed by atoms with E-state index in [-0.39, 0.29) is 5.91 Å². The summed E-state index contributed by atoms with van der Waals surface area (Å²) in [5, 5.41) is 4.05. The van der Waals surface area contributed by atoms with Gasteiger partial charge in [-0.1, -0.05) is 35.3 Å². The summed E-state index contributed by atoms with van der Waals surface area (Å²) in [4.78, 5) is 12.0. The standard InChI is InChI=1S/C16H15Cl2NO2S/c1-21-15-6-5-13(18)8-14(15)19-16(20)10-22-9-11-3-2-4-12(17)7-11/h2-8H,9-10H2,1H3,(H,19,20). The lowest BCUT2D eigenvalue weighted by Gasteiger charge is -2.10. The van der Waals surface area contributed by atoms with Gasteiger partial charge in [-0.05, 0) is 35.9 Å². The summed E-state index contributed by atoms with van der Waals surface area (Å²) in [6.07, 6.45) is 0. The minimum Gasteiger partial charge on any atom is -0.495 e. The van der Waals surface area contributed by atoms with E-state index in [2.05, 4.69) is 5.32 Å². The molecule has 22 heavy (non-hydrogen) atoms. The molecule has 6 heteroatoms. The molecule has 2 rings (SSSR count). The van der Waals surface area contributed by atoms with Gasteiger partial charge in [-0.3, -0.25) is 4.79 Å². The van der Waals surface area contributed by atoms with Crippen molar-refractivity contribution >= 4 is 46.6 Å². The van der Waals surface area contributed by atoms with E-state index in [0.717, 1.165) is 11.3 Å². The van der Waals surface area contributed by atoms with Crippen molar-refractivity contribution in [3.05, 3.63) is 58.1 Å². The van der Waals surface area contributed by atoms with Gasteiger partial charge in [0.2, 0.25) is 5.91 Å². The highest BCUT2D eigenvalue weighted by molar-refractivity contribution is 7.99. The first-order chi connectivity index (χ1) is 10.6. The van der Waals surface area contributed by atoms with Gasteiger partial charge in [-0.15, -0.1) is 11.8 Å². The molecule has 1 N–H and O–H groups in total. The topological polar surface area (TPSA) is 38.3 Å². The highest BCUT2D eigenvalue weighted by Crippen LogP contribution is 2.28. The second-order valence-corrected chi connectivity index (χ2v) is 6.37. The van der Waals surface area contributed by atoms with Crippen molar-refractivity contribution in [1.82, 2.24) is 0 Å². The zero-order valence-electron chi connectivity index (χ0n) is 11.9. The molecule has 0 aromatic heterocycles. The van der Waals surface area contributed by atoms with Crippen LogP contribution in [0.2, 0.25) is 10.0 Å². The number of amides is 1. The monoisotopic (exact) mass is 355 g/mol. The van der Waals surface area contributed by atoms with Crippen molar-refractivity contribution in [1.29, 1.82) is 0 Å². The number of nitrogens with one attached hydrogen (secondary N) is 1. The zero-order valence-corrected chi connectivity index (χ0v) is 14.3. The van der Waals surface area contributed by atoms with Crippen LogP contribution in [0.3, 0.4) is 0 Å².